The second-order valence-corrected chi connectivity index (χ2v) is 5.83. The van der Waals surface area contributed by atoms with Crippen molar-refractivity contribution in [3.8, 4) is 5.75 Å². The Hall–Kier alpha value is -0.670. The minimum atomic E-state index is 0.620. The molecule has 0 amide bonds. The average Bonchev–Trinajstić information content (AvgIpc) is 2.39. The number of nitrogens with two attached hydrogens (primary N) is 1. The number of benzene rings is 1. The van der Waals surface area contributed by atoms with Crippen LogP contribution in [0.2, 0.25) is 0 Å². The van der Waals surface area contributed by atoms with Gasteiger partial charge in [-0.1, -0.05) is 25.1 Å². The maximum Gasteiger partial charge on any atom is 0.122 e. The molecule has 0 aromatic heterocycles. The van der Waals surface area contributed by atoms with E-state index < -0.39 is 0 Å². The van der Waals surface area contributed by atoms with E-state index >= 15 is 0 Å². The summed E-state index contributed by atoms with van der Waals surface area (Å²) in [5, 5.41) is 0. The van der Waals surface area contributed by atoms with Gasteiger partial charge in [0.05, 0.1) is 6.61 Å². The minimum Gasteiger partial charge on any atom is -0.493 e. The topological polar surface area (TPSA) is 35.2 Å². The fourth-order valence-corrected chi connectivity index (χ4v) is 3.37. The molecular weight excluding hydrogens is 230 g/mol. The monoisotopic (exact) mass is 251 g/mol. The number of hydrogen-bond donors (Lipinski definition) is 1. The predicted octanol–water partition coefficient (Wildman–Crippen LogP) is 2.88. The third-order valence-corrected chi connectivity index (χ3v) is 4.65. The van der Waals surface area contributed by atoms with Crippen LogP contribution >= 0.6 is 11.8 Å². The van der Waals surface area contributed by atoms with Gasteiger partial charge in [0.2, 0.25) is 0 Å². The van der Waals surface area contributed by atoms with Crippen molar-refractivity contribution >= 4 is 11.8 Å². The van der Waals surface area contributed by atoms with Crippen molar-refractivity contribution in [3.05, 3.63) is 29.8 Å². The Bertz CT molecular complexity index is 356. The summed E-state index contributed by atoms with van der Waals surface area (Å²) < 4.78 is 5.67. The molecule has 1 aromatic rings. The number of rotatable bonds is 5. The van der Waals surface area contributed by atoms with E-state index in [2.05, 4.69) is 25.1 Å². The van der Waals surface area contributed by atoms with E-state index in [4.69, 9.17) is 10.5 Å². The number of hydrogen-bond acceptors (Lipinski definition) is 3. The van der Waals surface area contributed by atoms with Gasteiger partial charge in [-0.15, -0.1) is 0 Å². The molecule has 0 bridgehead atoms. The van der Waals surface area contributed by atoms with Crippen molar-refractivity contribution in [1.82, 2.24) is 0 Å². The highest BCUT2D eigenvalue weighted by molar-refractivity contribution is 7.99. The Morgan fingerprint density at radius 3 is 3.12 bits per heavy atom. The zero-order chi connectivity index (χ0) is 12.1. The molecule has 94 valence electrons. The second-order valence-electron chi connectivity index (χ2n) is 4.75. The fourth-order valence-electron chi connectivity index (χ4n) is 2.07. The lowest BCUT2D eigenvalue weighted by molar-refractivity contribution is 0.273. The van der Waals surface area contributed by atoms with Gasteiger partial charge in [0.25, 0.3) is 0 Å². The lowest BCUT2D eigenvalue weighted by Crippen LogP contribution is -2.17. The number of ether oxygens (including phenoxy) is 1. The van der Waals surface area contributed by atoms with Crippen LogP contribution in [0.5, 0.6) is 5.75 Å². The molecular formula is C14H21NOS. The Balaban J connectivity index is 1.90. The van der Waals surface area contributed by atoms with Gasteiger partial charge < -0.3 is 10.5 Å². The summed E-state index contributed by atoms with van der Waals surface area (Å²) >= 11 is 2.02. The van der Waals surface area contributed by atoms with Crippen molar-refractivity contribution in [2.75, 3.05) is 24.7 Å². The summed E-state index contributed by atoms with van der Waals surface area (Å²) in [6, 6.07) is 8.43. The van der Waals surface area contributed by atoms with E-state index in [9.17, 15) is 0 Å². The Morgan fingerprint density at radius 1 is 1.47 bits per heavy atom. The molecule has 2 rings (SSSR count). The first-order valence-corrected chi connectivity index (χ1v) is 7.46. The van der Waals surface area contributed by atoms with Gasteiger partial charge in [-0.25, -0.2) is 0 Å². The average molecular weight is 251 g/mol. The molecule has 2 atom stereocenters. The molecule has 0 saturated carbocycles. The number of fused-ring (bicyclic) bond motifs is 1. The van der Waals surface area contributed by atoms with Crippen molar-refractivity contribution in [2.24, 2.45) is 11.7 Å². The van der Waals surface area contributed by atoms with E-state index in [0.29, 0.717) is 11.8 Å². The summed E-state index contributed by atoms with van der Waals surface area (Å²) in [7, 11) is 0. The first kappa shape index (κ1) is 12.8. The maximum atomic E-state index is 5.67. The number of para-hydroxylation sites is 1. The molecule has 1 aliphatic rings. The molecule has 2 N–H and O–H groups in total. The van der Waals surface area contributed by atoms with Gasteiger partial charge in [-0.3, -0.25) is 0 Å². The molecule has 0 radical (unpaired) electrons. The standard InChI is InChI=1S/C14H21NOS/c1-11(8-15)9-17-10-12-6-7-16-14-5-3-2-4-13(12)14/h2-5,11-12H,6-10,15H2,1H3. The van der Waals surface area contributed by atoms with E-state index in [1.165, 1.54) is 11.3 Å². The van der Waals surface area contributed by atoms with Crippen LogP contribution in [0.4, 0.5) is 0 Å². The molecule has 0 fully saturated rings. The van der Waals surface area contributed by atoms with Crippen LogP contribution in [0.3, 0.4) is 0 Å². The van der Waals surface area contributed by atoms with E-state index in [0.717, 1.165) is 31.1 Å². The third-order valence-electron chi connectivity index (χ3n) is 3.21. The Kier molecular flexibility index (Phi) is 4.75. The fraction of sp³-hybridized carbons (Fsp3) is 0.571. The molecule has 0 saturated heterocycles. The summed E-state index contributed by atoms with van der Waals surface area (Å²) in [6.45, 7) is 3.86. The largest absolute Gasteiger partial charge is 0.493 e. The van der Waals surface area contributed by atoms with E-state index in [1.54, 1.807) is 0 Å². The zero-order valence-corrected chi connectivity index (χ0v) is 11.2. The van der Waals surface area contributed by atoms with Gasteiger partial charge >= 0.3 is 0 Å². The summed E-state index contributed by atoms with van der Waals surface area (Å²) in [6.07, 6.45) is 1.14. The molecule has 0 aliphatic carbocycles. The van der Waals surface area contributed by atoms with Crippen LogP contribution in [-0.2, 0) is 0 Å². The highest BCUT2D eigenvalue weighted by Gasteiger charge is 2.20. The van der Waals surface area contributed by atoms with Gasteiger partial charge in [-0.05, 0) is 42.2 Å². The first-order chi connectivity index (χ1) is 8.31. The highest BCUT2D eigenvalue weighted by atomic mass is 32.2. The van der Waals surface area contributed by atoms with Crippen molar-refractivity contribution in [3.63, 3.8) is 0 Å². The molecule has 0 spiro atoms. The molecule has 1 aromatic carbocycles. The van der Waals surface area contributed by atoms with Crippen LogP contribution in [0, 0.1) is 5.92 Å². The molecule has 1 aliphatic heterocycles. The van der Waals surface area contributed by atoms with Gasteiger partial charge in [0.1, 0.15) is 5.75 Å². The van der Waals surface area contributed by atoms with E-state index in [-0.39, 0.29) is 0 Å². The van der Waals surface area contributed by atoms with Crippen molar-refractivity contribution in [2.45, 2.75) is 19.3 Å². The van der Waals surface area contributed by atoms with Crippen molar-refractivity contribution in [1.29, 1.82) is 0 Å². The quantitative estimate of drug-likeness (QED) is 0.874. The van der Waals surface area contributed by atoms with Crippen LogP contribution in [0.25, 0.3) is 0 Å². The van der Waals surface area contributed by atoms with Gasteiger partial charge in [-0.2, -0.15) is 11.8 Å². The molecule has 17 heavy (non-hydrogen) atoms. The lowest BCUT2D eigenvalue weighted by Gasteiger charge is -2.25. The van der Waals surface area contributed by atoms with Crippen LogP contribution in [-0.4, -0.2) is 24.7 Å². The van der Waals surface area contributed by atoms with Gasteiger partial charge in [0, 0.05) is 5.75 Å². The van der Waals surface area contributed by atoms with Crippen molar-refractivity contribution < 1.29 is 4.74 Å². The zero-order valence-electron chi connectivity index (χ0n) is 10.4. The second kappa shape index (κ2) is 6.31. The molecule has 2 nitrogen and oxygen atoms in total. The lowest BCUT2D eigenvalue weighted by atomic mass is 9.95. The van der Waals surface area contributed by atoms with Crippen LogP contribution in [0.1, 0.15) is 24.8 Å². The highest BCUT2D eigenvalue weighted by Crippen LogP contribution is 2.35. The maximum absolute atomic E-state index is 5.67. The van der Waals surface area contributed by atoms with E-state index in [1.807, 2.05) is 17.8 Å². The summed E-state index contributed by atoms with van der Waals surface area (Å²) in [5.41, 5.74) is 7.02. The Morgan fingerprint density at radius 2 is 2.29 bits per heavy atom. The molecule has 2 unspecified atom stereocenters. The smallest absolute Gasteiger partial charge is 0.122 e. The predicted molar refractivity (Wildman–Crippen MR) is 74.8 cm³/mol. The number of thioether (sulfide) groups is 1. The first-order valence-electron chi connectivity index (χ1n) is 6.30. The SMILES string of the molecule is CC(CN)CSCC1CCOc2ccccc21. The molecule has 3 heteroatoms. The third kappa shape index (κ3) is 3.39. The summed E-state index contributed by atoms with van der Waals surface area (Å²) in [5.74, 6) is 4.70. The van der Waals surface area contributed by atoms with Crippen LogP contribution in [0.15, 0.2) is 24.3 Å². The minimum absolute atomic E-state index is 0.620. The molecule has 1 heterocycles. The van der Waals surface area contributed by atoms with Crippen LogP contribution < -0.4 is 10.5 Å². The summed E-state index contributed by atoms with van der Waals surface area (Å²) in [4.78, 5) is 0. The van der Waals surface area contributed by atoms with Gasteiger partial charge in [0.15, 0.2) is 0 Å². The normalized spacial score (nSPS) is 20.5. The Labute approximate surface area is 108 Å².